The van der Waals surface area contributed by atoms with Gasteiger partial charge in [0.05, 0.1) is 18.2 Å². The molecule has 1 aromatic carbocycles. The summed E-state index contributed by atoms with van der Waals surface area (Å²) < 4.78 is 19.3. The van der Waals surface area contributed by atoms with Gasteiger partial charge in [0, 0.05) is 17.4 Å². The van der Waals surface area contributed by atoms with Crippen molar-refractivity contribution in [2.45, 2.75) is 13.3 Å². The van der Waals surface area contributed by atoms with E-state index in [1.165, 1.54) is 17.0 Å². The zero-order chi connectivity index (χ0) is 14.0. The van der Waals surface area contributed by atoms with Crippen LogP contribution < -0.4 is 4.90 Å². The number of anilines is 1. The van der Waals surface area contributed by atoms with E-state index in [1.54, 1.807) is 13.0 Å². The van der Waals surface area contributed by atoms with Crippen LogP contribution in [0.4, 0.5) is 10.1 Å². The largest absolute Gasteiger partial charge is 0.466 e. The summed E-state index contributed by atoms with van der Waals surface area (Å²) in [5, 5.41) is 0. The quantitative estimate of drug-likeness (QED) is 0.800. The molecule has 19 heavy (non-hydrogen) atoms. The summed E-state index contributed by atoms with van der Waals surface area (Å²) in [6, 6.07) is 4.47. The second kappa shape index (κ2) is 5.69. The number of amides is 1. The predicted molar refractivity (Wildman–Crippen MR) is 71.2 cm³/mol. The van der Waals surface area contributed by atoms with Crippen molar-refractivity contribution in [2.24, 2.45) is 5.92 Å². The number of rotatable bonds is 3. The van der Waals surface area contributed by atoms with Crippen molar-refractivity contribution in [3.05, 3.63) is 28.5 Å². The summed E-state index contributed by atoms with van der Waals surface area (Å²) in [5.41, 5.74) is 0.194. The van der Waals surface area contributed by atoms with Gasteiger partial charge in [-0.3, -0.25) is 9.59 Å². The second-order valence-corrected chi connectivity index (χ2v) is 5.17. The Hall–Kier alpha value is -1.43. The molecule has 1 aromatic rings. The van der Waals surface area contributed by atoms with Gasteiger partial charge in [-0.1, -0.05) is 15.9 Å². The first kappa shape index (κ1) is 14.0. The Morgan fingerprint density at radius 3 is 2.95 bits per heavy atom. The van der Waals surface area contributed by atoms with Crippen LogP contribution in [0.15, 0.2) is 22.7 Å². The molecule has 1 fully saturated rings. The Morgan fingerprint density at radius 2 is 2.32 bits per heavy atom. The molecule has 0 bridgehead atoms. The van der Waals surface area contributed by atoms with Gasteiger partial charge in [-0.05, 0) is 25.1 Å². The molecule has 102 valence electrons. The molecule has 6 heteroatoms. The van der Waals surface area contributed by atoms with Crippen molar-refractivity contribution in [3.8, 4) is 0 Å². The number of halogens is 2. The van der Waals surface area contributed by atoms with E-state index in [2.05, 4.69) is 15.9 Å². The van der Waals surface area contributed by atoms with Gasteiger partial charge in [-0.2, -0.15) is 0 Å². The fraction of sp³-hybridized carbons (Fsp3) is 0.385. The Balaban J connectivity index is 2.18. The summed E-state index contributed by atoms with van der Waals surface area (Å²) in [5.74, 6) is -1.68. The van der Waals surface area contributed by atoms with E-state index in [-0.39, 0.29) is 31.2 Å². The lowest BCUT2D eigenvalue weighted by Crippen LogP contribution is -2.27. The third-order valence-corrected chi connectivity index (χ3v) is 3.44. The first-order valence-electron chi connectivity index (χ1n) is 5.95. The Kier molecular flexibility index (Phi) is 4.19. The summed E-state index contributed by atoms with van der Waals surface area (Å²) in [4.78, 5) is 24.8. The average molecular weight is 330 g/mol. The maximum absolute atomic E-state index is 13.8. The molecular weight excluding hydrogens is 317 g/mol. The average Bonchev–Trinajstić information content (AvgIpc) is 2.72. The van der Waals surface area contributed by atoms with Crippen molar-refractivity contribution in [1.29, 1.82) is 0 Å². The van der Waals surface area contributed by atoms with Crippen LogP contribution in [0.5, 0.6) is 0 Å². The van der Waals surface area contributed by atoms with E-state index in [0.29, 0.717) is 4.47 Å². The lowest BCUT2D eigenvalue weighted by atomic mass is 10.1. The van der Waals surface area contributed by atoms with Gasteiger partial charge in [-0.25, -0.2) is 4.39 Å². The fourth-order valence-electron chi connectivity index (χ4n) is 2.06. The monoisotopic (exact) mass is 329 g/mol. The molecule has 1 aliphatic rings. The Morgan fingerprint density at radius 1 is 1.58 bits per heavy atom. The van der Waals surface area contributed by atoms with E-state index in [9.17, 15) is 14.0 Å². The first-order valence-corrected chi connectivity index (χ1v) is 6.74. The molecule has 1 atom stereocenters. The standard InChI is InChI=1S/C13H13BrFNO3/c1-2-19-13(18)8-5-12(17)16(7-8)11-4-3-9(14)6-10(11)15/h3-4,6,8H,2,5,7H2,1H3/t8-/m0/s1. The number of carbonyl (C=O) groups is 2. The van der Waals surface area contributed by atoms with Crippen molar-refractivity contribution in [3.63, 3.8) is 0 Å². The molecule has 1 heterocycles. The molecule has 1 saturated heterocycles. The minimum absolute atomic E-state index is 0.0638. The number of benzene rings is 1. The molecule has 0 aromatic heterocycles. The minimum atomic E-state index is -0.518. The van der Waals surface area contributed by atoms with Crippen molar-refractivity contribution in [2.75, 3.05) is 18.1 Å². The zero-order valence-corrected chi connectivity index (χ0v) is 11.9. The van der Waals surface area contributed by atoms with Crippen LogP contribution in [0.1, 0.15) is 13.3 Å². The van der Waals surface area contributed by atoms with Crippen LogP contribution >= 0.6 is 15.9 Å². The Labute approximate surface area is 118 Å². The predicted octanol–water partition coefficient (Wildman–Crippen LogP) is 2.50. The fourth-order valence-corrected chi connectivity index (χ4v) is 2.39. The number of esters is 1. The molecule has 0 N–H and O–H groups in total. The molecule has 2 rings (SSSR count). The number of hydrogen-bond acceptors (Lipinski definition) is 3. The van der Waals surface area contributed by atoms with E-state index < -0.39 is 17.7 Å². The molecule has 0 radical (unpaired) electrons. The SMILES string of the molecule is CCOC(=O)[C@H]1CC(=O)N(c2ccc(Br)cc2F)C1. The first-order chi connectivity index (χ1) is 9.02. The van der Waals surface area contributed by atoms with Crippen LogP contribution in [0, 0.1) is 11.7 Å². The second-order valence-electron chi connectivity index (χ2n) is 4.25. The highest BCUT2D eigenvalue weighted by Crippen LogP contribution is 2.29. The molecule has 0 unspecified atom stereocenters. The van der Waals surface area contributed by atoms with E-state index >= 15 is 0 Å². The lowest BCUT2D eigenvalue weighted by molar-refractivity contribution is -0.147. The van der Waals surface area contributed by atoms with Gasteiger partial charge in [0.1, 0.15) is 5.82 Å². The van der Waals surface area contributed by atoms with Gasteiger partial charge >= 0.3 is 5.97 Å². The van der Waals surface area contributed by atoms with E-state index in [4.69, 9.17) is 4.74 Å². The molecule has 4 nitrogen and oxygen atoms in total. The van der Waals surface area contributed by atoms with Gasteiger partial charge in [0.15, 0.2) is 0 Å². The van der Waals surface area contributed by atoms with Crippen LogP contribution in [-0.2, 0) is 14.3 Å². The van der Waals surface area contributed by atoms with Crippen molar-refractivity contribution in [1.82, 2.24) is 0 Å². The van der Waals surface area contributed by atoms with Crippen LogP contribution in [0.25, 0.3) is 0 Å². The van der Waals surface area contributed by atoms with Crippen LogP contribution in [-0.4, -0.2) is 25.0 Å². The van der Waals surface area contributed by atoms with Gasteiger partial charge in [0.2, 0.25) is 5.91 Å². The number of ether oxygens (including phenoxy) is 1. The Bertz CT molecular complexity index is 521. The third-order valence-electron chi connectivity index (χ3n) is 2.95. The van der Waals surface area contributed by atoms with E-state index in [0.717, 1.165) is 0 Å². The van der Waals surface area contributed by atoms with Gasteiger partial charge < -0.3 is 9.64 Å². The van der Waals surface area contributed by atoms with E-state index in [1.807, 2.05) is 0 Å². The van der Waals surface area contributed by atoms with Crippen molar-refractivity contribution >= 4 is 33.5 Å². The highest BCUT2D eigenvalue weighted by atomic mass is 79.9. The topological polar surface area (TPSA) is 46.6 Å². The normalized spacial score (nSPS) is 18.8. The molecule has 1 aliphatic heterocycles. The highest BCUT2D eigenvalue weighted by Gasteiger charge is 2.36. The highest BCUT2D eigenvalue weighted by molar-refractivity contribution is 9.10. The van der Waals surface area contributed by atoms with Gasteiger partial charge in [0.25, 0.3) is 0 Å². The maximum Gasteiger partial charge on any atom is 0.311 e. The number of hydrogen-bond donors (Lipinski definition) is 0. The summed E-state index contributed by atoms with van der Waals surface area (Å²) >= 11 is 3.16. The van der Waals surface area contributed by atoms with Crippen molar-refractivity contribution < 1.29 is 18.7 Å². The third kappa shape index (κ3) is 2.94. The van der Waals surface area contributed by atoms with Gasteiger partial charge in [-0.15, -0.1) is 0 Å². The zero-order valence-electron chi connectivity index (χ0n) is 10.4. The number of nitrogens with zero attached hydrogens (tertiary/aromatic N) is 1. The molecule has 0 saturated carbocycles. The number of carbonyl (C=O) groups excluding carboxylic acids is 2. The van der Waals surface area contributed by atoms with Crippen LogP contribution in [0.2, 0.25) is 0 Å². The molecule has 0 aliphatic carbocycles. The van der Waals surface area contributed by atoms with Crippen LogP contribution in [0.3, 0.4) is 0 Å². The lowest BCUT2D eigenvalue weighted by Gasteiger charge is -2.17. The molecule has 1 amide bonds. The minimum Gasteiger partial charge on any atom is -0.466 e. The smallest absolute Gasteiger partial charge is 0.311 e. The summed E-state index contributed by atoms with van der Waals surface area (Å²) in [6.45, 7) is 2.15. The molecule has 0 spiro atoms. The summed E-state index contributed by atoms with van der Waals surface area (Å²) in [6.07, 6.45) is 0.0638. The molecular formula is C13H13BrFNO3. The maximum atomic E-state index is 13.8. The summed E-state index contributed by atoms with van der Waals surface area (Å²) in [7, 11) is 0.